The average Bonchev–Trinajstić information content (AvgIpc) is 3.39. The number of ether oxygens (including phenoxy) is 2. The maximum atomic E-state index is 13.8. The molecule has 4 aromatic rings. The van der Waals surface area contributed by atoms with Gasteiger partial charge in [0.25, 0.3) is 0 Å². The molecule has 0 spiro atoms. The van der Waals surface area contributed by atoms with Crippen LogP contribution >= 0.6 is 0 Å². The molecular formula is C33H39N3O3. The number of aromatic nitrogens is 1. The monoisotopic (exact) mass is 525 g/mol. The number of benzene rings is 3. The van der Waals surface area contributed by atoms with E-state index in [9.17, 15) is 4.79 Å². The molecule has 4 rings (SSSR count). The molecule has 1 heterocycles. The SMILES string of the molecule is CCCCC/C(=C\c1ccccc1)CN(CCc1c[nH]c2ccccc12)C(=O)Nc1ccc(OC)cc1OC. The quantitative estimate of drug-likeness (QED) is 0.174. The molecule has 2 N–H and O–H groups in total. The second kappa shape index (κ2) is 14.1. The van der Waals surface area contributed by atoms with Crippen LogP contribution in [0.1, 0.15) is 43.7 Å². The number of H-pyrrole nitrogens is 1. The summed E-state index contributed by atoms with van der Waals surface area (Å²) in [7, 11) is 3.20. The number of fused-ring (bicyclic) bond motifs is 1. The van der Waals surface area contributed by atoms with Gasteiger partial charge in [-0.15, -0.1) is 0 Å². The van der Waals surface area contributed by atoms with Gasteiger partial charge >= 0.3 is 6.03 Å². The van der Waals surface area contributed by atoms with E-state index < -0.39 is 0 Å². The zero-order valence-corrected chi connectivity index (χ0v) is 23.2. The zero-order chi connectivity index (χ0) is 27.5. The largest absolute Gasteiger partial charge is 0.497 e. The van der Waals surface area contributed by atoms with E-state index in [1.807, 2.05) is 41.3 Å². The Kier molecular flexibility index (Phi) is 10.1. The van der Waals surface area contributed by atoms with Gasteiger partial charge in [-0.2, -0.15) is 0 Å². The number of carbonyl (C=O) groups excluding carboxylic acids is 1. The van der Waals surface area contributed by atoms with Crippen molar-refractivity contribution in [1.29, 1.82) is 0 Å². The molecule has 39 heavy (non-hydrogen) atoms. The highest BCUT2D eigenvalue weighted by atomic mass is 16.5. The molecule has 6 nitrogen and oxygen atoms in total. The summed E-state index contributed by atoms with van der Waals surface area (Å²) in [6.45, 7) is 3.33. The van der Waals surface area contributed by atoms with Crippen molar-refractivity contribution < 1.29 is 14.3 Å². The van der Waals surface area contributed by atoms with Crippen molar-refractivity contribution in [3.8, 4) is 11.5 Å². The van der Waals surface area contributed by atoms with Crippen molar-refractivity contribution in [3.05, 3.63) is 95.7 Å². The lowest BCUT2D eigenvalue weighted by molar-refractivity contribution is 0.216. The minimum absolute atomic E-state index is 0.159. The molecule has 204 valence electrons. The van der Waals surface area contributed by atoms with Crippen molar-refractivity contribution in [2.45, 2.75) is 39.0 Å². The van der Waals surface area contributed by atoms with Crippen molar-refractivity contribution in [3.63, 3.8) is 0 Å². The Morgan fingerprint density at radius 3 is 2.54 bits per heavy atom. The first-order valence-corrected chi connectivity index (χ1v) is 13.7. The highest BCUT2D eigenvalue weighted by Gasteiger charge is 2.18. The maximum Gasteiger partial charge on any atom is 0.322 e. The van der Waals surface area contributed by atoms with Crippen LogP contribution in [0.15, 0.2) is 84.6 Å². The predicted octanol–water partition coefficient (Wildman–Crippen LogP) is 7.93. The first kappa shape index (κ1) is 27.8. The summed E-state index contributed by atoms with van der Waals surface area (Å²) in [4.78, 5) is 19.0. The number of amides is 2. The van der Waals surface area contributed by atoms with Gasteiger partial charge < -0.3 is 24.7 Å². The Morgan fingerprint density at radius 1 is 0.974 bits per heavy atom. The Morgan fingerprint density at radius 2 is 1.77 bits per heavy atom. The van der Waals surface area contributed by atoms with Gasteiger partial charge in [0.1, 0.15) is 11.5 Å². The Labute approximate surface area is 231 Å². The van der Waals surface area contributed by atoms with Gasteiger partial charge in [-0.25, -0.2) is 4.79 Å². The molecule has 0 radical (unpaired) electrons. The first-order valence-electron chi connectivity index (χ1n) is 13.7. The van der Waals surface area contributed by atoms with Gasteiger partial charge in [-0.05, 0) is 48.6 Å². The van der Waals surface area contributed by atoms with E-state index in [0.717, 1.165) is 43.2 Å². The lowest BCUT2D eigenvalue weighted by atomic mass is 10.0. The molecule has 0 atom stereocenters. The lowest BCUT2D eigenvalue weighted by Gasteiger charge is -2.25. The van der Waals surface area contributed by atoms with Gasteiger partial charge in [0, 0.05) is 36.3 Å². The number of methoxy groups -OCH3 is 2. The van der Waals surface area contributed by atoms with Crippen LogP contribution in [0, 0.1) is 0 Å². The van der Waals surface area contributed by atoms with E-state index in [4.69, 9.17) is 9.47 Å². The van der Waals surface area contributed by atoms with Crippen LogP contribution in [0.2, 0.25) is 0 Å². The van der Waals surface area contributed by atoms with Crippen LogP contribution in [0.4, 0.5) is 10.5 Å². The van der Waals surface area contributed by atoms with Crippen LogP contribution in [0.5, 0.6) is 11.5 Å². The Hall–Kier alpha value is -4.19. The number of para-hydroxylation sites is 1. The van der Waals surface area contributed by atoms with Crippen LogP contribution in [-0.4, -0.2) is 43.2 Å². The molecule has 6 heteroatoms. The number of anilines is 1. The summed E-state index contributed by atoms with van der Waals surface area (Å²) >= 11 is 0. The molecule has 0 bridgehead atoms. The number of hydrogen-bond acceptors (Lipinski definition) is 3. The van der Waals surface area contributed by atoms with Crippen LogP contribution in [0.3, 0.4) is 0 Å². The number of nitrogens with one attached hydrogen (secondary N) is 2. The maximum absolute atomic E-state index is 13.8. The molecule has 0 saturated carbocycles. The van der Waals surface area contributed by atoms with Crippen LogP contribution in [-0.2, 0) is 6.42 Å². The van der Waals surface area contributed by atoms with E-state index >= 15 is 0 Å². The van der Waals surface area contributed by atoms with E-state index in [2.05, 4.69) is 59.8 Å². The number of carbonyl (C=O) groups is 1. The highest BCUT2D eigenvalue weighted by molar-refractivity contribution is 5.91. The summed E-state index contributed by atoms with van der Waals surface area (Å²) in [5.74, 6) is 1.23. The fourth-order valence-electron chi connectivity index (χ4n) is 4.77. The minimum atomic E-state index is -0.159. The minimum Gasteiger partial charge on any atom is -0.497 e. The van der Waals surface area contributed by atoms with E-state index in [0.29, 0.717) is 30.3 Å². The number of unbranched alkanes of at least 4 members (excludes halogenated alkanes) is 2. The smallest absolute Gasteiger partial charge is 0.322 e. The van der Waals surface area contributed by atoms with Crippen molar-refractivity contribution in [2.75, 3.05) is 32.6 Å². The fourth-order valence-corrected chi connectivity index (χ4v) is 4.77. The van der Waals surface area contributed by atoms with Gasteiger partial charge in [-0.1, -0.05) is 79.9 Å². The predicted molar refractivity (Wildman–Crippen MR) is 161 cm³/mol. The molecule has 0 unspecified atom stereocenters. The van der Waals surface area contributed by atoms with Gasteiger partial charge in [0.05, 0.1) is 19.9 Å². The van der Waals surface area contributed by atoms with Gasteiger partial charge in [-0.3, -0.25) is 0 Å². The molecule has 3 aromatic carbocycles. The van der Waals surface area contributed by atoms with Crippen LogP contribution in [0.25, 0.3) is 17.0 Å². The summed E-state index contributed by atoms with van der Waals surface area (Å²) in [6, 6.07) is 23.9. The number of hydrogen-bond donors (Lipinski definition) is 2. The summed E-state index contributed by atoms with van der Waals surface area (Å²) in [5.41, 5.74) is 5.31. The third-order valence-electron chi connectivity index (χ3n) is 6.93. The number of urea groups is 1. The van der Waals surface area contributed by atoms with Crippen molar-refractivity contribution in [1.82, 2.24) is 9.88 Å². The number of aromatic amines is 1. The number of rotatable bonds is 13. The summed E-state index contributed by atoms with van der Waals surface area (Å²) < 4.78 is 10.9. The van der Waals surface area contributed by atoms with Gasteiger partial charge in [0.15, 0.2) is 0 Å². The normalized spacial score (nSPS) is 11.4. The topological polar surface area (TPSA) is 66.6 Å². The molecular weight excluding hydrogens is 486 g/mol. The average molecular weight is 526 g/mol. The first-order chi connectivity index (χ1) is 19.1. The zero-order valence-electron chi connectivity index (χ0n) is 23.2. The molecule has 0 fully saturated rings. The fraction of sp³-hybridized carbons (Fsp3) is 0.303. The second-order valence-electron chi connectivity index (χ2n) is 9.70. The molecule has 0 aliphatic rings. The number of nitrogens with zero attached hydrogens (tertiary/aromatic N) is 1. The van der Waals surface area contributed by atoms with E-state index in [1.54, 1.807) is 20.3 Å². The van der Waals surface area contributed by atoms with E-state index in [-0.39, 0.29) is 6.03 Å². The van der Waals surface area contributed by atoms with Crippen molar-refractivity contribution >= 4 is 28.7 Å². The lowest BCUT2D eigenvalue weighted by Crippen LogP contribution is -2.38. The van der Waals surface area contributed by atoms with Gasteiger partial charge in [0.2, 0.25) is 0 Å². The molecule has 2 amide bonds. The second-order valence-corrected chi connectivity index (χ2v) is 9.70. The molecule has 0 aliphatic carbocycles. The van der Waals surface area contributed by atoms with Crippen LogP contribution < -0.4 is 14.8 Å². The third kappa shape index (κ3) is 7.66. The standard InChI is InChI=1S/C33H39N3O3/c1-4-5-7-14-26(21-25-12-8-6-9-13-25)24-36(20-19-27-23-34-30-16-11-10-15-29(27)30)33(37)35-31-18-17-28(38-2)22-32(31)39-3/h6,8-13,15-18,21-23,34H,4-5,7,14,19-20,24H2,1-3H3,(H,35,37)/b26-21+. The Bertz CT molecular complexity index is 1380. The molecule has 0 saturated heterocycles. The summed E-state index contributed by atoms with van der Waals surface area (Å²) in [5, 5.41) is 4.28. The van der Waals surface area contributed by atoms with Crippen molar-refractivity contribution in [2.24, 2.45) is 0 Å². The summed E-state index contributed by atoms with van der Waals surface area (Å²) in [6.07, 6.45) is 9.39. The Balaban J connectivity index is 1.60. The highest BCUT2D eigenvalue weighted by Crippen LogP contribution is 2.29. The molecule has 0 aliphatic heterocycles. The molecule has 1 aromatic heterocycles. The third-order valence-corrected chi connectivity index (χ3v) is 6.93. The van der Waals surface area contributed by atoms with E-state index in [1.165, 1.54) is 16.5 Å².